The van der Waals surface area contributed by atoms with E-state index < -0.39 is 21.8 Å². The zero-order valence-corrected chi connectivity index (χ0v) is 12.8. The second kappa shape index (κ2) is 5.26. The predicted octanol–water partition coefficient (Wildman–Crippen LogP) is 1.44. The fraction of sp³-hybridized carbons (Fsp3) is 0.500. The number of fused-ring (bicyclic) bond motifs is 1. The second-order valence-electron chi connectivity index (χ2n) is 5.85. The van der Waals surface area contributed by atoms with Crippen LogP contribution < -0.4 is 0 Å². The molecule has 2 aliphatic rings. The van der Waals surface area contributed by atoms with E-state index in [1.165, 1.54) is 0 Å². The van der Waals surface area contributed by atoms with Crippen LogP contribution in [-0.2, 0) is 14.6 Å². The Morgan fingerprint density at radius 2 is 1.90 bits per heavy atom. The standard InChI is InChI=1S/C14H16ClNO4S/c15-12-3-1-2-9(4-12)13(14(17)18)16-5-10-7-21(19,20)8-11(10)6-16/h1-4,10-11,13H,5-8H2,(H,17,18)/t10-,11+,13?. The largest absolute Gasteiger partial charge is 0.480 e. The van der Waals surface area contributed by atoms with Crippen molar-refractivity contribution >= 4 is 27.4 Å². The Morgan fingerprint density at radius 3 is 2.43 bits per heavy atom. The van der Waals surface area contributed by atoms with Crippen LogP contribution >= 0.6 is 11.6 Å². The lowest BCUT2D eigenvalue weighted by Gasteiger charge is -2.25. The van der Waals surface area contributed by atoms with Crippen LogP contribution in [-0.4, -0.2) is 49.0 Å². The van der Waals surface area contributed by atoms with E-state index in [2.05, 4.69) is 0 Å². The molecule has 114 valence electrons. The zero-order chi connectivity index (χ0) is 15.2. The topological polar surface area (TPSA) is 74.7 Å². The highest BCUT2D eigenvalue weighted by atomic mass is 35.5. The highest BCUT2D eigenvalue weighted by Crippen LogP contribution is 2.37. The van der Waals surface area contributed by atoms with Gasteiger partial charge >= 0.3 is 5.97 Å². The van der Waals surface area contributed by atoms with Crippen LogP contribution in [0.3, 0.4) is 0 Å². The van der Waals surface area contributed by atoms with E-state index in [1.807, 2.05) is 4.90 Å². The Labute approximate surface area is 128 Å². The first-order valence-corrected chi connectivity index (χ1v) is 8.98. The Bertz CT molecular complexity index is 655. The third kappa shape index (κ3) is 2.93. The highest BCUT2D eigenvalue weighted by Gasteiger charge is 2.46. The van der Waals surface area contributed by atoms with Crippen molar-refractivity contribution in [3.05, 3.63) is 34.9 Å². The van der Waals surface area contributed by atoms with Crippen molar-refractivity contribution in [3.8, 4) is 0 Å². The summed E-state index contributed by atoms with van der Waals surface area (Å²) in [5.74, 6) is -0.473. The molecule has 2 saturated heterocycles. The fourth-order valence-corrected chi connectivity index (χ4v) is 5.86. The Kier molecular flexibility index (Phi) is 3.71. The molecule has 1 unspecified atom stereocenters. The molecule has 0 spiro atoms. The summed E-state index contributed by atoms with van der Waals surface area (Å²) in [6, 6.07) is 6.07. The summed E-state index contributed by atoms with van der Waals surface area (Å²) < 4.78 is 23.2. The van der Waals surface area contributed by atoms with Crippen molar-refractivity contribution in [2.45, 2.75) is 6.04 Å². The highest BCUT2D eigenvalue weighted by molar-refractivity contribution is 7.91. The van der Waals surface area contributed by atoms with E-state index in [1.54, 1.807) is 24.3 Å². The van der Waals surface area contributed by atoms with Crippen LogP contribution in [0.1, 0.15) is 11.6 Å². The van der Waals surface area contributed by atoms with Gasteiger partial charge in [0.25, 0.3) is 0 Å². The third-order valence-electron chi connectivity index (χ3n) is 4.30. The van der Waals surface area contributed by atoms with Gasteiger partial charge in [-0.3, -0.25) is 9.69 Å². The molecule has 3 rings (SSSR count). The van der Waals surface area contributed by atoms with Crippen molar-refractivity contribution in [2.24, 2.45) is 11.8 Å². The average molecular weight is 330 g/mol. The van der Waals surface area contributed by atoms with Gasteiger partial charge in [0.1, 0.15) is 6.04 Å². The number of nitrogens with zero attached hydrogens (tertiary/aromatic N) is 1. The lowest BCUT2D eigenvalue weighted by atomic mass is 10.0. The zero-order valence-electron chi connectivity index (χ0n) is 11.3. The monoisotopic (exact) mass is 329 g/mol. The normalized spacial score (nSPS) is 29.2. The van der Waals surface area contributed by atoms with Gasteiger partial charge in [-0.1, -0.05) is 23.7 Å². The molecular weight excluding hydrogens is 314 g/mol. The van der Waals surface area contributed by atoms with Crippen LogP contribution in [0.5, 0.6) is 0 Å². The van der Waals surface area contributed by atoms with E-state index in [-0.39, 0.29) is 23.3 Å². The summed E-state index contributed by atoms with van der Waals surface area (Å²) in [5.41, 5.74) is 0.637. The molecule has 0 amide bonds. The minimum absolute atomic E-state index is 0.0519. The number of hydrogen-bond donors (Lipinski definition) is 1. The number of carboxylic acids is 1. The summed E-state index contributed by atoms with van der Waals surface area (Å²) in [6.45, 7) is 1.01. The number of carbonyl (C=O) groups is 1. The summed E-state index contributed by atoms with van der Waals surface area (Å²) in [5, 5.41) is 10.0. The average Bonchev–Trinajstić information content (AvgIpc) is 2.81. The van der Waals surface area contributed by atoms with Gasteiger partial charge in [0.2, 0.25) is 0 Å². The number of hydrogen-bond acceptors (Lipinski definition) is 4. The smallest absolute Gasteiger partial charge is 0.325 e. The molecular formula is C14H16ClNO4S. The SMILES string of the molecule is O=C(O)C(c1cccc(Cl)c1)N1C[C@@H]2CS(=O)(=O)C[C@@H]2C1. The summed E-state index contributed by atoms with van der Waals surface area (Å²) in [6.07, 6.45) is 0. The molecule has 2 aliphatic heterocycles. The first-order valence-electron chi connectivity index (χ1n) is 6.78. The lowest BCUT2D eigenvalue weighted by molar-refractivity contribution is -0.143. The molecule has 2 fully saturated rings. The van der Waals surface area contributed by atoms with Gasteiger partial charge in [0.15, 0.2) is 9.84 Å². The third-order valence-corrected chi connectivity index (χ3v) is 6.41. The minimum Gasteiger partial charge on any atom is -0.480 e. The van der Waals surface area contributed by atoms with E-state index in [4.69, 9.17) is 11.6 Å². The van der Waals surface area contributed by atoms with E-state index in [0.717, 1.165) is 0 Å². The van der Waals surface area contributed by atoms with Gasteiger partial charge in [0, 0.05) is 18.1 Å². The van der Waals surface area contributed by atoms with Crippen molar-refractivity contribution in [2.75, 3.05) is 24.6 Å². The van der Waals surface area contributed by atoms with Gasteiger partial charge in [0.05, 0.1) is 11.5 Å². The number of rotatable bonds is 3. The van der Waals surface area contributed by atoms with Crippen LogP contribution in [0.25, 0.3) is 0 Å². The molecule has 1 aromatic rings. The van der Waals surface area contributed by atoms with Crippen molar-refractivity contribution in [1.29, 1.82) is 0 Å². The van der Waals surface area contributed by atoms with Crippen LogP contribution in [0.4, 0.5) is 0 Å². The van der Waals surface area contributed by atoms with Gasteiger partial charge in [-0.05, 0) is 29.5 Å². The van der Waals surface area contributed by atoms with Gasteiger partial charge < -0.3 is 5.11 Å². The van der Waals surface area contributed by atoms with Gasteiger partial charge in [-0.2, -0.15) is 0 Å². The Morgan fingerprint density at radius 1 is 1.29 bits per heavy atom. The number of likely N-dealkylation sites (tertiary alicyclic amines) is 1. The fourth-order valence-electron chi connectivity index (χ4n) is 3.47. The summed E-state index contributed by atoms with van der Waals surface area (Å²) in [4.78, 5) is 13.5. The first kappa shape index (κ1) is 14.8. The van der Waals surface area contributed by atoms with E-state index in [9.17, 15) is 18.3 Å². The molecule has 2 heterocycles. The molecule has 1 aromatic carbocycles. The molecule has 5 nitrogen and oxygen atoms in total. The molecule has 0 radical (unpaired) electrons. The van der Waals surface area contributed by atoms with Gasteiger partial charge in [-0.15, -0.1) is 0 Å². The maximum Gasteiger partial charge on any atom is 0.325 e. The van der Waals surface area contributed by atoms with Crippen molar-refractivity contribution in [3.63, 3.8) is 0 Å². The number of aliphatic carboxylic acids is 1. The van der Waals surface area contributed by atoms with Crippen LogP contribution in [0.15, 0.2) is 24.3 Å². The quantitative estimate of drug-likeness (QED) is 0.908. The number of benzene rings is 1. The molecule has 21 heavy (non-hydrogen) atoms. The van der Waals surface area contributed by atoms with Gasteiger partial charge in [-0.25, -0.2) is 8.42 Å². The predicted molar refractivity (Wildman–Crippen MR) is 79.0 cm³/mol. The summed E-state index contributed by atoms with van der Waals surface area (Å²) >= 11 is 5.94. The number of halogens is 1. The number of carboxylic acid groups (broad SMARTS) is 1. The minimum atomic E-state index is -2.94. The summed E-state index contributed by atoms with van der Waals surface area (Å²) in [7, 11) is -2.94. The molecule has 1 N–H and O–H groups in total. The van der Waals surface area contributed by atoms with Crippen LogP contribution in [0.2, 0.25) is 5.02 Å². The molecule has 0 bridgehead atoms. The van der Waals surface area contributed by atoms with E-state index in [0.29, 0.717) is 23.7 Å². The Hall–Kier alpha value is -1.11. The maximum atomic E-state index is 11.6. The maximum absolute atomic E-state index is 11.6. The number of sulfone groups is 1. The Balaban J connectivity index is 1.83. The lowest BCUT2D eigenvalue weighted by Crippen LogP contribution is -2.34. The molecule has 0 aromatic heterocycles. The van der Waals surface area contributed by atoms with Crippen molar-refractivity contribution < 1.29 is 18.3 Å². The molecule has 0 saturated carbocycles. The molecule has 0 aliphatic carbocycles. The van der Waals surface area contributed by atoms with Crippen molar-refractivity contribution in [1.82, 2.24) is 4.90 Å². The molecule has 7 heteroatoms. The van der Waals surface area contributed by atoms with E-state index >= 15 is 0 Å². The molecule has 3 atom stereocenters. The first-order chi connectivity index (χ1) is 9.85. The van der Waals surface area contributed by atoms with Crippen LogP contribution in [0, 0.1) is 11.8 Å². The second-order valence-corrected chi connectivity index (χ2v) is 8.44.